The fraction of sp³-hybridized carbons (Fsp3) is 0.286. The number of carbonyl (C=O) groups excluding carboxylic acids is 1. The molecule has 0 saturated heterocycles. The lowest BCUT2D eigenvalue weighted by atomic mass is 10.2. The van der Waals surface area contributed by atoms with Crippen LogP contribution in [-0.4, -0.2) is 48.3 Å². The minimum atomic E-state index is -0.647. The molecule has 152 valence electrons. The number of ether oxygens (including phenoxy) is 3. The summed E-state index contributed by atoms with van der Waals surface area (Å²) in [5.74, 6) is 2.33. The monoisotopic (exact) mass is 397 g/mol. The van der Waals surface area contributed by atoms with Crippen molar-refractivity contribution >= 4 is 5.91 Å². The molecule has 8 heteroatoms. The average Bonchev–Trinajstić information content (AvgIpc) is 3.21. The van der Waals surface area contributed by atoms with Crippen LogP contribution in [0, 0.1) is 0 Å². The van der Waals surface area contributed by atoms with Gasteiger partial charge in [-0.1, -0.05) is 23.4 Å². The maximum absolute atomic E-state index is 12.6. The van der Waals surface area contributed by atoms with Crippen LogP contribution in [0.3, 0.4) is 0 Å². The molecule has 1 heterocycles. The Kier molecular flexibility index (Phi) is 6.33. The summed E-state index contributed by atoms with van der Waals surface area (Å²) in [6.45, 7) is 1.86. The highest BCUT2D eigenvalue weighted by atomic mass is 16.5. The van der Waals surface area contributed by atoms with E-state index in [9.17, 15) is 4.79 Å². The van der Waals surface area contributed by atoms with Gasteiger partial charge in [0.25, 0.3) is 5.91 Å². The van der Waals surface area contributed by atoms with E-state index in [0.717, 1.165) is 0 Å². The van der Waals surface area contributed by atoms with Crippen molar-refractivity contribution in [2.75, 3.05) is 21.3 Å². The van der Waals surface area contributed by atoms with Gasteiger partial charge in [0.1, 0.15) is 17.2 Å². The van der Waals surface area contributed by atoms with E-state index in [2.05, 4.69) is 10.1 Å². The number of likely N-dealkylation sites (N-methyl/N-ethyl adjacent to an activating group) is 1. The van der Waals surface area contributed by atoms with E-state index in [1.54, 1.807) is 58.5 Å². The first kappa shape index (κ1) is 20.2. The summed E-state index contributed by atoms with van der Waals surface area (Å²) in [6, 6.07) is 14.5. The van der Waals surface area contributed by atoms with Crippen molar-refractivity contribution in [1.82, 2.24) is 15.0 Å². The molecular weight excluding hydrogens is 374 g/mol. The van der Waals surface area contributed by atoms with Gasteiger partial charge in [-0.2, -0.15) is 4.98 Å². The summed E-state index contributed by atoms with van der Waals surface area (Å²) in [4.78, 5) is 18.4. The molecule has 0 spiro atoms. The molecular formula is C21H23N3O5. The summed E-state index contributed by atoms with van der Waals surface area (Å²) < 4.78 is 21.6. The summed E-state index contributed by atoms with van der Waals surface area (Å²) in [5.41, 5.74) is 0.665. The van der Waals surface area contributed by atoms with Crippen LogP contribution in [0.4, 0.5) is 0 Å². The van der Waals surface area contributed by atoms with E-state index in [1.807, 2.05) is 18.2 Å². The number of amides is 1. The van der Waals surface area contributed by atoms with E-state index in [4.69, 9.17) is 18.7 Å². The molecule has 3 rings (SSSR count). The lowest BCUT2D eigenvalue weighted by Crippen LogP contribution is -2.37. The van der Waals surface area contributed by atoms with Gasteiger partial charge in [-0.3, -0.25) is 4.79 Å². The van der Waals surface area contributed by atoms with Gasteiger partial charge in [-0.25, -0.2) is 0 Å². The third-order valence-electron chi connectivity index (χ3n) is 4.27. The summed E-state index contributed by atoms with van der Waals surface area (Å²) in [5, 5.41) is 4.00. The van der Waals surface area contributed by atoms with Crippen molar-refractivity contribution in [2.24, 2.45) is 0 Å². The van der Waals surface area contributed by atoms with E-state index in [-0.39, 0.29) is 12.5 Å². The second-order valence-electron chi connectivity index (χ2n) is 6.35. The van der Waals surface area contributed by atoms with Gasteiger partial charge >= 0.3 is 0 Å². The quantitative estimate of drug-likeness (QED) is 0.577. The zero-order valence-corrected chi connectivity index (χ0v) is 16.8. The predicted octanol–water partition coefficient (Wildman–Crippen LogP) is 3.18. The lowest BCUT2D eigenvalue weighted by Gasteiger charge is -2.20. The second kappa shape index (κ2) is 9.09. The van der Waals surface area contributed by atoms with E-state index in [0.29, 0.717) is 34.5 Å². The molecule has 0 aliphatic rings. The van der Waals surface area contributed by atoms with Gasteiger partial charge in [0, 0.05) is 13.1 Å². The molecule has 1 atom stereocenters. The number of nitrogens with zero attached hydrogens (tertiary/aromatic N) is 3. The van der Waals surface area contributed by atoms with Crippen molar-refractivity contribution in [3.63, 3.8) is 0 Å². The van der Waals surface area contributed by atoms with Gasteiger partial charge in [-0.05, 0) is 31.2 Å². The molecule has 3 aromatic rings. The first-order valence-electron chi connectivity index (χ1n) is 9.03. The molecule has 0 radical (unpaired) electrons. The fourth-order valence-corrected chi connectivity index (χ4v) is 2.76. The number of rotatable bonds is 8. The number of para-hydroxylation sites is 1. The molecule has 0 aliphatic carbocycles. The largest absolute Gasteiger partial charge is 0.497 e. The summed E-state index contributed by atoms with van der Waals surface area (Å²) in [6.07, 6.45) is -0.647. The molecule has 0 saturated carbocycles. The topological polar surface area (TPSA) is 86.9 Å². The average molecular weight is 397 g/mol. The first-order valence-corrected chi connectivity index (χ1v) is 9.03. The fourth-order valence-electron chi connectivity index (χ4n) is 2.76. The van der Waals surface area contributed by atoms with Gasteiger partial charge in [0.15, 0.2) is 6.10 Å². The minimum absolute atomic E-state index is 0.160. The third kappa shape index (κ3) is 4.84. The van der Waals surface area contributed by atoms with Crippen molar-refractivity contribution in [3.8, 4) is 28.6 Å². The van der Waals surface area contributed by atoms with Gasteiger partial charge in [0.2, 0.25) is 11.7 Å². The number of benzene rings is 2. The zero-order chi connectivity index (χ0) is 20.8. The minimum Gasteiger partial charge on any atom is -0.497 e. The van der Waals surface area contributed by atoms with Gasteiger partial charge < -0.3 is 23.6 Å². The van der Waals surface area contributed by atoms with Crippen LogP contribution >= 0.6 is 0 Å². The smallest absolute Gasteiger partial charge is 0.263 e. The van der Waals surface area contributed by atoms with Crippen molar-refractivity contribution in [1.29, 1.82) is 0 Å². The molecule has 1 amide bonds. The molecule has 0 aliphatic heterocycles. The van der Waals surface area contributed by atoms with Crippen LogP contribution in [0.1, 0.15) is 12.8 Å². The molecule has 1 aromatic heterocycles. The molecule has 8 nitrogen and oxygen atoms in total. The summed E-state index contributed by atoms with van der Waals surface area (Å²) >= 11 is 0. The lowest BCUT2D eigenvalue weighted by molar-refractivity contribution is -0.137. The number of hydrogen-bond donors (Lipinski definition) is 0. The van der Waals surface area contributed by atoms with Crippen molar-refractivity contribution in [2.45, 2.75) is 19.6 Å². The molecule has 0 N–H and O–H groups in total. The van der Waals surface area contributed by atoms with Crippen LogP contribution in [0.15, 0.2) is 53.1 Å². The van der Waals surface area contributed by atoms with Crippen LogP contribution < -0.4 is 14.2 Å². The molecule has 29 heavy (non-hydrogen) atoms. The Labute approximate surface area is 169 Å². The first-order chi connectivity index (χ1) is 14.0. The van der Waals surface area contributed by atoms with Crippen LogP contribution in [0.5, 0.6) is 17.2 Å². The Bertz CT molecular complexity index is 958. The predicted molar refractivity (Wildman–Crippen MR) is 106 cm³/mol. The normalized spacial score (nSPS) is 11.6. The standard InChI is InChI=1S/C21H23N3O5/c1-14(28-15-8-6-5-7-9-15)21(25)24(2)13-19-22-20(23-29-19)17-11-10-16(26-3)12-18(17)27-4/h5-12,14H,13H2,1-4H3/t14-/m0/s1. The van der Waals surface area contributed by atoms with E-state index >= 15 is 0 Å². The summed E-state index contributed by atoms with van der Waals surface area (Å²) in [7, 11) is 4.79. The maximum atomic E-state index is 12.6. The number of aromatic nitrogens is 2. The van der Waals surface area contributed by atoms with E-state index in [1.165, 1.54) is 4.90 Å². The SMILES string of the molecule is COc1ccc(-c2noc(CN(C)C(=O)[C@H](C)Oc3ccccc3)n2)c(OC)c1. The van der Waals surface area contributed by atoms with E-state index < -0.39 is 6.10 Å². The van der Waals surface area contributed by atoms with Crippen molar-refractivity contribution < 1.29 is 23.5 Å². The molecule has 2 aromatic carbocycles. The molecule has 0 bridgehead atoms. The van der Waals surface area contributed by atoms with Crippen LogP contribution in [0.25, 0.3) is 11.4 Å². The van der Waals surface area contributed by atoms with Gasteiger partial charge in [0.05, 0.1) is 26.3 Å². The Hall–Kier alpha value is -3.55. The Morgan fingerprint density at radius 3 is 2.55 bits per heavy atom. The maximum Gasteiger partial charge on any atom is 0.263 e. The zero-order valence-electron chi connectivity index (χ0n) is 16.8. The highest BCUT2D eigenvalue weighted by Gasteiger charge is 2.22. The highest BCUT2D eigenvalue weighted by molar-refractivity contribution is 5.80. The Morgan fingerprint density at radius 2 is 1.86 bits per heavy atom. The third-order valence-corrected chi connectivity index (χ3v) is 4.27. The number of hydrogen-bond acceptors (Lipinski definition) is 7. The van der Waals surface area contributed by atoms with Crippen LogP contribution in [-0.2, 0) is 11.3 Å². The Balaban J connectivity index is 1.67. The number of methoxy groups -OCH3 is 2. The van der Waals surface area contributed by atoms with Gasteiger partial charge in [-0.15, -0.1) is 0 Å². The van der Waals surface area contributed by atoms with Crippen molar-refractivity contribution in [3.05, 3.63) is 54.4 Å². The molecule has 0 unspecified atom stereocenters. The number of carbonyl (C=O) groups is 1. The Morgan fingerprint density at radius 1 is 1.10 bits per heavy atom. The molecule has 0 fully saturated rings. The van der Waals surface area contributed by atoms with Crippen LogP contribution in [0.2, 0.25) is 0 Å². The highest BCUT2D eigenvalue weighted by Crippen LogP contribution is 2.31. The second-order valence-corrected chi connectivity index (χ2v) is 6.35.